The van der Waals surface area contributed by atoms with Gasteiger partial charge >= 0.3 is 0 Å². The number of hydrogen-bond donors (Lipinski definition) is 2. The van der Waals surface area contributed by atoms with E-state index < -0.39 is 0 Å². The van der Waals surface area contributed by atoms with Gasteiger partial charge in [0.05, 0.1) is 17.3 Å². The van der Waals surface area contributed by atoms with Crippen molar-refractivity contribution in [2.45, 2.75) is 6.54 Å². The van der Waals surface area contributed by atoms with Crippen molar-refractivity contribution in [3.8, 4) is 5.75 Å². The molecule has 0 aliphatic carbocycles. The van der Waals surface area contributed by atoms with Crippen LogP contribution in [-0.4, -0.2) is 22.3 Å². The molecule has 104 valence electrons. The zero-order valence-corrected chi connectivity index (χ0v) is 12.1. The van der Waals surface area contributed by atoms with Gasteiger partial charge in [-0.15, -0.1) is 0 Å². The van der Waals surface area contributed by atoms with Gasteiger partial charge in [0, 0.05) is 6.07 Å². The predicted molar refractivity (Wildman–Crippen MR) is 68.5 cm³/mol. The Hall–Kier alpha value is -2.21. The molecule has 0 bridgehead atoms. The maximum absolute atomic E-state index is 12.0. The van der Waals surface area contributed by atoms with Crippen molar-refractivity contribution in [1.82, 2.24) is 0 Å². The van der Waals surface area contributed by atoms with Crippen molar-refractivity contribution in [1.29, 1.82) is 0 Å². The highest BCUT2D eigenvalue weighted by molar-refractivity contribution is 5.97. The van der Waals surface area contributed by atoms with Crippen molar-refractivity contribution >= 4 is 12.0 Å². The van der Waals surface area contributed by atoms with Crippen molar-refractivity contribution in [3.05, 3.63) is 59.9 Å². The fourth-order valence-electron chi connectivity index (χ4n) is 1.74. The molecule has 0 aliphatic rings. The molecule has 0 fully saturated rings. The van der Waals surface area contributed by atoms with Crippen LogP contribution in [-0.2, 0) is 6.54 Å². The number of ketones is 1. The first-order valence-corrected chi connectivity index (χ1v) is 5.68. The molecular formula is C14H13BrN2O3. The number of aromatic hydroxyl groups is 1. The molecule has 1 aromatic heterocycles. The summed E-state index contributed by atoms with van der Waals surface area (Å²) in [5.74, 6) is -0.220. The molecule has 2 rings (SSSR count). The van der Waals surface area contributed by atoms with Crippen molar-refractivity contribution in [3.63, 3.8) is 0 Å². The molecule has 2 aromatic rings. The highest BCUT2D eigenvalue weighted by Gasteiger charge is 2.15. The Morgan fingerprint density at radius 1 is 1.25 bits per heavy atom. The van der Waals surface area contributed by atoms with E-state index in [0.29, 0.717) is 5.56 Å². The normalized spacial score (nSPS) is 10.2. The van der Waals surface area contributed by atoms with Crippen LogP contribution in [0.1, 0.15) is 15.9 Å². The number of phenolic OH excluding ortho intramolecular Hbond substituents is 1. The number of Topliss-reactive ketones (excluding diaryl/α,β-unsaturated/α-hetero) is 1. The Kier molecular flexibility index (Phi) is 5.86. The van der Waals surface area contributed by atoms with Gasteiger partial charge in [-0.05, 0) is 18.2 Å². The quantitative estimate of drug-likeness (QED) is 0.231. The minimum absolute atomic E-state index is 0. The summed E-state index contributed by atoms with van der Waals surface area (Å²) >= 11 is 0. The monoisotopic (exact) mass is 336 g/mol. The zero-order chi connectivity index (χ0) is 13.7. The molecule has 0 radical (unpaired) electrons. The number of aromatic nitrogens is 1. The summed E-state index contributed by atoms with van der Waals surface area (Å²) in [7, 11) is 0. The summed E-state index contributed by atoms with van der Waals surface area (Å²) in [6, 6.07) is 9.92. The lowest BCUT2D eigenvalue weighted by Gasteiger charge is -2.01. The smallest absolute Gasteiger partial charge is 0.231 e. The Bertz CT molecular complexity index is 629. The second-order valence-corrected chi connectivity index (χ2v) is 3.99. The van der Waals surface area contributed by atoms with Crippen LogP contribution in [0, 0.1) is 0 Å². The van der Waals surface area contributed by atoms with Gasteiger partial charge < -0.3 is 27.3 Å². The van der Waals surface area contributed by atoms with Gasteiger partial charge in [-0.25, -0.2) is 0 Å². The van der Waals surface area contributed by atoms with Crippen molar-refractivity contribution in [2.75, 3.05) is 0 Å². The van der Waals surface area contributed by atoms with E-state index in [1.54, 1.807) is 47.3 Å². The number of pyridine rings is 1. The number of para-hydroxylation sites is 1. The van der Waals surface area contributed by atoms with Crippen LogP contribution in [0.25, 0.3) is 0 Å². The van der Waals surface area contributed by atoms with Gasteiger partial charge in [0.1, 0.15) is 5.75 Å². The van der Waals surface area contributed by atoms with Crippen molar-refractivity contribution in [2.24, 2.45) is 5.16 Å². The SMILES string of the molecule is O=C(C[n+]1cccc(C=NO)c1)c1ccccc1O.[Br-]. The number of benzene rings is 1. The lowest BCUT2D eigenvalue weighted by molar-refractivity contribution is -0.683. The molecule has 0 amide bonds. The number of rotatable bonds is 4. The fraction of sp³-hybridized carbons (Fsp3) is 0.0714. The molecule has 0 saturated heterocycles. The van der Waals surface area contributed by atoms with Crippen molar-refractivity contribution < 1.29 is 36.7 Å². The topological polar surface area (TPSA) is 73.8 Å². The molecule has 0 spiro atoms. The van der Waals surface area contributed by atoms with Crippen LogP contribution in [0.2, 0.25) is 0 Å². The third kappa shape index (κ3) is 3.89. The Morgan fingerprint density at radius 3 is 2.70 bits per heavy atom. The Morgan fingerprint density at radius 2 is 2.00 bits per heavy atom. The molecule has 0 saturated carbocycles. The van der Waals surface area contributed by atoms with Gasteiger partial charge in [0.15, 0.2) is 12.4 Å². The first-order chi connectivity index (χ1) is 9.20. The highest BCUT2D eigenvalue weighted by Crippen LogP contribution is 2.15. The third-order valence-corrected chi connectivity index (χ3v) is 2.62. The van der Waals surface area contributed by atoms with E-state index in [-0.39, 0.29) is 40.6 Å². The zero-order valence-electron chi connectivity index (χ0n) is 10.5. The number of hydrogen-bond acceptors (Lipinski definition) is 4. The average molecular weight is 337 g/mol. The average Bonchev–Trinajstić information content (AvgIpc) is 2.40. The van der Waals surface area contributed by atoms with Crippen LogP contribution in [0.5, 0.6) is 5.75 Å². The standard InChI is InChI=1S/C14H12N2O3.BrH/c17-13-6-2-1-5-12(13)14(18)10-16-7-3-4-11(9-16)8-15-19;/h1-9H,10H2,(H-,17,18,19);1H. The summed E-state index contributed by atoms with van der Waals surface area (Å²) < 4.78 is 1.66. The van der Waals surface area contributed by atoms with E-state index in [1.165, 1.54) is 12.3 Å². The van der Waals surface area contributed by atoms with Gasteiger partial charge in [0.2, 0.25) is 12.3 Å². The van der Waals surface area contributed by atoms with Gasteiger partial charge in [-0.3, -0.25) is 4.79 Å². The van der Waals surface area contributed by atoms with Crippen LogP contribution < -0.4 is 21.5 Å². The molecule has 0 unspecified atom stereocenters. The highest BCUT2D eigenvalue weighted by atomic mass is 79.9. The molecule has 2 N–H and O–H groups in total. The Balaban J connectivity index is 0.00000200. The van der Waals surface area contributed by atoms with Gasteiger partial charge in [-0.2, -0.15) is 4.57 Å². The minimum atomic E-state index is -0.193. The van der Waals surface area contributed by atoms with E-state index in [0.717, 1.165) is 0 Å². The number of nitrogens with zero attached hydrogens (tertiary/aromatic N) is 2. The van der Waals surface area contributed by atoms with E-state index >= 15 is 0 Å². The summed E-state index contributed by atoms with van der Waals surface area (Å²) in [5.41, 5.74) is 0.964. The lowest BCUT2D eigenvalue weighted by atomic mass is 10.1. The number of halogens is 1. The van der Waals surface area contributed by atoms with E-state index in [1.807, 2.05) is 0 Å². The lowest BCUT2D eigenvalue weighted by Crippen LogP contribution is -3.00. The summed E-state index contributed by atoms with van der Waals surface area (Å²) in [5, 5.41) is 21.0. The maximum Gasteiger partial charge on any atom is 0.231 e. The number of oxime groups is 1. The molecule has 1 heterocycles. The van der Waals surface area contributed by atoms with Gasteiger partial charge in [-0.1, -0.05) is 17.3 Å². The first-order valence-electron chi connectivity index (χ1n) is 5.68. The predicted octanol–water partition coefficient (Wildman–Crippen LogP) is -1.63. The Labute approximate surface area is 126 Å². The van der Waals surface area contributed by atoms with E-state index in [9.17, 15) is 9.90 Å². The van der Waals surface area contributed by atoms with Crippen LogP contribution in [0.4, 0.5) is 0 Å². The van der Waals surface area contributed by atoms with Crippen LogP contribution >= 0.6 is 0 Å². The molecule has 1 aromatic carbocycles. The molecule has 20 heavy (non-hydrogen) atoms. The number of carbonyl (C=O) groups is 1. The summed E-state index contributed by atoms with van der Waals surface area (Å²) in [6.07, 6.45) is 4.69. The van der Waals surface area contributed by atoms with Crippen LogP contribution in [0.3, 0.4) is 0 Å². The van der Waals surface area contributed by atoms with Crippen LogP contribution in [0.15, 0.2) is 53.9 Å². The summed E-state index contributed by atoms with van der Waals surface area (Å²) in [4.78, 5) is 12.0. The second kappa shape index (κ2) is 7.40. The summed E-state index contributed by atoms with van der Waals surface area (Å²) in [6.45, 7) is 0.102. The van der Waals surface area contributed by atoms with Gasteiger partial charge in [0.25, 0.3) is 0 Å². The molecule has 6 heteroatoms. The largest absolute Gasteiger partial charge is 1.00 e. The molecular weight excluding hydrogens is 324 g/mol. The molecule has 0 atom stereocenters. The maximum atomic E-state index is 12.0. The van der Waals surface area contributed by atoms with E-state index in [2.05, 4.69) is 5.16 Å². The third-order valence-electron chi connectivity index (χ3n) is 2.62. The first kappa shape index (κ1) is 15.8. The van der Waals surface area contributed by atoms with E-state index in [4.69, 9.17) is 5.21 Å². The number of carbonyl (C=O) groups excluding carboxylic acids is 1. The minimum Gasteiger partial charge on any atom is -1.00 e. The second-order valence-electron chi connectivity index (χ2n) is 3.99. The molecule has 0 aliphatic heterocycles. The fourth-order valence-corrected chi connectivity index (χ4v) is 1.74. The number of phenols is 1. The molecule has 5 nitrogen and oxygen atoms in total.